The van der Waals surface area contributed by atoms with Crippen LogP contribution in [0.3, 0.4) is 0 Å². The van der Waals surface area contributed by atoms with Gasteiger partial charge in [-0.3, -0.25) is 29.1 Å². The number of ether oxygens (including phenoxy) is 2. The summed E-state index contributed by atoms with van der Waals surface area (Å²) in [6.45, 7) is 11.9. The van der Waals surface area contributed by atoms with Crippen molar-refractivity contribution in [3.05, 3.63) is 226 Å². The second-order valence-electron chi connectivity index (χ2n) is 31.9. The average molecular weight is 1650 g/mol. The molecule has 616 valence electrons. The first-order valence-corrected chi connectivity index (χ1v) is 46.8. The van der Waals surface area contributed by atoms with Crippen LogP contribution in [0.1, 0.15) is 211 Å². The summed E-state index contributed by atoms with van der Waals surface area (Å²) >= 11 is 12.7. The second kappa shape index (κ2) is 47.9. The van der Waals surface area contributed by atoms with Crippen LogP contribution in [0.15, 0.2) is 183 Å². The maximum absolute atomic E-state index is 13.3. The highest BCUT2D eigenvalue weighted by molar-refractivity contribution is 7.19. The van der Waals surface area contributed by atoms with Crippen LogP contribution in [-0.2, 0) is 54.7 Å². The molecule has 0 bridgehead atoms. The zero-order valence-electron chi connectivity index (χ0n) is 65.6. The van der Waals surface area contributed by atoms with E-state index in [4.69, 9.17) is 38.4 Å². The van der Waals surface area contributed by atoms with E-state index in [0.717, 1.165) is 149 Å². The van der Waals surface area contributed by atoms with Gasteiger partial charge >= 0.3 is 11.9 Å². The summed E-state index contributed by atoms with van der Waals surface area (Å²) in [4.78, 5) is 61.6. The van der Waals surface area contributed by atoms with Gasteiger partial charge in [-0.05, 0) is 186 Å². The highest BCUT2D eigenvalue weighted by atomic mass is 35.5. The van der Waals surface area contributed by atoms with Crippen molar-refractivity contribution < 1.29 is 59.3 Å². The number of rotatable bonds is 36. The minimum atomic E-state index is -0.611. The number of ketones is 2. The van der Waals surface area contributed by atoms with Crippen molar-refractivity contribution in [3.63, 3.8) is 0 Å². The summed E-state index contributed by atoms with van der Waals surface area (Å²) in [7, 11) is -0.611. The number of benzene rings is 6. The molecule has 15 nitrogen and oxygen atoms in total. The van der Waals surface area contributed by atoms with Gasteiger partial charge in [-0.15, -0.1) is 45.9 Å². The number of hydrogen-bond donors (Lipinski definition) is 7. The van der Waals surface area contributed by atoms with Crippen LogP contribution < -0.4 is 5.73 Å². The molecule has 6 aromatic carbocycles. The van der Waals surface area contributed by atoms with E-state index < -0.39 is 50.6 Å². The van der Waals surface area contributed by atoms with Crippen LogP contribution in [0, 0.1) is 23.7 Å². The quantitative estimate of drug-likeness (QED) is 0.00834. The standard InChI is InChI=1S/C44H51NO6S.C43H50N2O6S.C4H12Si.CH2Cl2.2CH4/c1-2-35(39(47)24-30-15-18-34-27-45-22-21-32(34)23-30)31-16-13-29(14-17-31)28-51-44(50)12-6-4-3-5-10-36-37(41(49)26-40(36)48)19-20-38(46)43-25-33-9-7-8-11-42(33)52-43;44-25-36(38(47)22-29-13-16-33-26-45-20-19-31(33)21-29)30-14-11-28(12-15-30)27-51-43(50)10-4-2-1-3-8-34-35(40(49)24-39(34)48)17-18-37(46)42-23-32-7-5-6-9-41(32)52-42;1-5(2,3)4;2-1-3;;/h7-9,11,13-18,21-23,25,27,35-38,40-41,46,48-49H,2-6,10,12,19-20,24,26,28H2,1H3;5-7,9,11-16,19-21,23,26,34-37,39-40,46,48-49H,1-4,8,10,17-18,22,24-25,27,44H2;1-4H3;1H2;2*1H4/t35?,36-,37-,38-,40+,41-;34-,35-,36?,37-,39+,40-;;;;/m11..../s1. The van der Waals surface area contributed by atoms with Crippen molar-refractivity contribution in [1.29, 1.82) is 0 Å². The van der Waals surface area contributed by atoms with Crippen molar-refractivity contribution in [2.75, 3.05) is 11.9 Å². The lowest BCUT2D eigenvalue weighted by Gasteiger charge is -2.24. The van der Waals surface area contributed by atoms with Gasteiger partial charge in [-0.1, -0.05) is 208 Å². The normalized spacial score (nSPS) is 18.9. The minimum Gasteiger partial charge on any atom is -0.461 e. The van der Waals surface area contributed by atoms with E-state index in [9.17, 15) is 49.8 Å². The van der Waals surface area contributed by atoms with Gasteiger partial charge < -0.3 is 45.8 Å². The van der Waals surface area contributed by atoms with Gasteiger partial charge in [0.15, 0.2) is 0 Å². The number of nitrogens with zero attached hydrogens (tertiary/aromatic N) is 2. The molecule has 8 N–H and O–H groups in total. The first-order valence-electron chi connectivity index (χ1n) is 40.1. The Kier molecular flexibility index (Phi) is 39.5. The topological polar surface area (TPSA) is 260 Å². The number of thiophene rings is 2. The third-order valence-electron chi connectivity index (χ3n) is 21.6. The van der Waals surface area contributed by atoms with E-state index in [1.165, 1.54) is 0 Å². The first-order chi connectivity index (χ1) is 54.0. The van der Waals surface area contributed by atoms with Crippen molar-refractivity contribution in [2.45, 2.75) is 244 Å². The maximum atomic E-state index is 13.3. The number of halogens is 2. The van der Waals surface area contributed by atoms with E-state index in [1.54, 1.807) is 41.3 Å². The molecule has 0 radical (unpaired) electrons. The molecule has 2 unspecified atom stereocenters. The Morgan fingerprint density at radius 3 is 1.22 bits per heavy atom. The number of aliphatic hydroxyl groups excluding tert-OH is 6. The summed E-state index contributed by atoms with van der Waals surface area (Å²) in [5, 5.41) is 71.2. The maximum Gasteiger partial charge on any atom is 0.306 e. The Morgan fingerprint density at radius 2 is 0.833 bits per heavy atom. The number of carbonyl (C=O) groups excluding carboxylic acids is 4. The molecule has 2 saturated carbocycles. The van der Waals surface area contributed by atoms with Crippen LogP contribution in [0.2, 0.25) is 26.2 Å². The predicted molar refractivity (Wildman–Crippen MR) is 472 cm³/mol. The lowest BCUT2D eigenvalue weighted by molar-refractivity contribution is -0.146. The summed E-state index contributed by atoms with van der Waals surface area (Å²) in [6, 6.07) is 51.6. The summed E-state index contributed by atoms with van der Waals surface area (Å²) in [6.07, 6.45) is 17.8. The van der Waals surface area contributed by atoms with Crippen LogP contribution in [0.5, 0.6) is 0 Å². The fraction of sp³-hybridized carbons (Fsp3) is 0.468. The lowest BCUT2D eigenvalue weighted by Crippen LogP contribution is -2.23. The SMILES string of the molecule is C.C.CCC(C(=O)Cc1ccc2cnccc2c1)c1ccc(COC(=O)CCCCCC[C@@H]2[C@@H](CC[C@@H](O)c3cc4ccccc4s3)[C@H](O)C[C@@H]2O)cc1.C[Si](C)(C)C.ClCCl.NCC(C(=O)Cc1ccc2cnccc2c1)c1ccc(COC(=O)CCCCCC[C@@H]2[C@@H](CC[C@@H](O)c3cc4ccccc4s3)[C@H](O)C[C@@H]2O)cc1. The molecule has 2 aliphatic carbocycles. The molecule has 12 atom stereocenters. The molecule has 20 heteroatoms. The second-order valence-corrected chi connectivity index (χ2v) is 41.0. The molecule has 0 aliphatic heterocycles. The number of aliphatic hydroxyl groups is 6. The highest BCUT2D eigenvalue weighted by Gasteiger charge is 2.42. The number of fused-ring (bicyclic) bond motifs is 4. The van der Waals surface area contributed by atoms with Gasteiger partial charge in [0.2, 0.25) is 0 Å². The molecule has 4 heterocycles. The molecule has 0 spiro atoms. The molecule has 2 fully saturated rings. The Morgan fingerprint density at radius 1 is 0.474 bits per heavy atom. The number of alkyl halides is 2. The Balaban J connectivity index is 0.000000284. The van der Waals surface area contributed by atoms with E-state index >= 15 is 0 Å². The van der Waals surface area contributed by atoms with Crippen molar-refractivity contribution in [3.8, 4) is 0 Å². The van der Waals surface area contributed by atoms with Gasteiger partial charge in [-0.25, -0.2) is 0 Å². The van der Waals surface area contributed by atoms with Gasteiger partial charge in [0.25, 0.3) is 0 Å². The van der Waals surface area contributed by atoms with Crippen molar-refractivity contribution in [2.24, 2.45) is 29.4 Å². The minimum absolute atomic E-state index is 0. The van der Waals surface area contributed by atoms with Crippen molar-refractivity contribution in [1.82, 2.24) is 9.97 Å². The number of nitrogens with two attached hydrogens (primary N) is 1. The molecule has 114 heavy (non-hydrogen) atoms. The monoisotopic (exact) mass is 1650 g/mol. The average Bonchev–Trinajstić information content (AvgIpc) is 1.67. The Hall–Kier alpha value is -7.14. The number of Topliss-reactive ketones (excluding diaryl/α,β-unsaturated/α-hetero) is 2. The number of aromatic nitrogens is 2. The van der Waals surface area contributed by atoms with Crippen molar-refractivity contribution >= 4 is 119 Å². The van der Waals surface area contributed by atoms with Gasteiger partial charge in [0.05, 0.1) is 47.9 Å². The molecule has 4 aromatic heterocycles. The molecule has 0 amide bonds. The van der Waals surface area contributed by atoms with Crippen LogP contribution in [0.4, 0.5) is 0 Å². The first kappa shape index (κ1) is 94.0. The summed E-state index contributed by atoms with van der Waals surface area (Å²) in [5.41, 5.74) is 11.6. The van der Waals surface area contributed by atoms with Crippen LogP contribution in [-0.4, -0.2) is 108 Å². The third kappa shape index (κ3) is 29.2. The number of esters is 2. The molecular formula is C94H123Cl2N3O12S2Si. The van der Waals surface area contributed by atoms with E-state index in [2.05, 4.69) is 72.6 Å². The number of pyridine rings is 2. The Bertz CT molecular complexity index is 4200. The number of hydrogen-bond acceptors (Lipinski definition) is 17. The number of unbranched alkanes of at least 4 members (excludes halogenated alkanes) is 6. The highest BCUT2D eigenvalue weighted by Crippen LogP contribution is 2.44. The molecule has 0 saturated heterocycles. The van der Waals surface area contributed by atoms with Crippen LogP contribution >= 0.6 is 45.9 Å². The van der Waals surface area contributed by atoms with Gasteiger partial charge in [0, 0.05) is 101 Å². The van der Waals surface area contributed by atoms with E-state index in [0.29, 0.717) is 70.6 Å². The van der Waals surface area contributed by atoms with Gasteiger partial charge in [0.1, 0.15) is 24.8 Å². The smallest absolute Gasteiger partial charge is 0.306 e. The zero-order chi connectivity index (χ0) is 80.1. The largest absolute Gasteiger partial charge is 0.461 e. The van der Waals surface area contributed by atoms with E-state index in [1.807, 2.05) is 134 Å². The molecule has 2 aliphatic rings. The summed E-state index contributed by atoms with van der Waals surface area (Å²) in [5.74, 6) is -0.831. The third-order valence-corrected chi connectivity index (χ3v) is 24.1. The predicted octanol–water partition coefficient (Wildman–Crippen LogP) is 21.2. The van der Waals surface area contributed by atoms with Gasteiger partial charge in [-0.2, -0.15) is 0 Å². The van der Waals surface area contributed by atoms with Crippen LogP contribution in [0.25, 0.3) is 41.7 Å². The fourth-order valence-corrected chi connectivity index (χ4v) is 17.9. The van der Waals surface area contributed by atoms with E-state index in [-0.39, 0.29) is 93.0 Å². The lowest BCUT2D eigenvalue weighted by atomic mass is 9.84. The molecule has 10 aromatic rings. The molecular weight excluding hydrogens is 1530 g/mol. The number of carbonyl (C=O) groups is 4. The zero-order valence-corrected chi connectivity index (χ0v) is 69.7. The molecule has 12 rings (SSSR count). The fourth-order valence-electron chi connectivity index (χ4n) is 15.7. The summed E-state index contributed by atoms with van der Waals surface area (Å²) < 4.78 is 13.4. The Labute approximate surface area is 695 Å².